The molecular formula is C15H24FNO2. The average Bonchev–Trinajstić information content (AvgIpc) is 2.38. The first-order chi connectivity index (χ1) is 9.06. The lowest BCUT2D eigenvalue weighted by Crippen LogP contribution is -2.29. The minimum Gasteiger partial charge on any atom is -0.388 e. The zero-order valence-corrected chi connectivity index (χ0v) is 12.0. The van der Waals surface area contributed by atoms with Gasteiger partial charge in [0, 0.05) is 32.4 Å². The zero-order chi connectivity index (χ0) is 14.3. The fourth-order valence-electron chi connectivity index (χ4n) is 2.18. The van der Waals surface area contributed by atoms with Crippen LogP contribution in [0.5, 0.6) is 0 Å². The number of nitrogens with zero attached hydrogens (tertiary/aromatic N) is 1. The van der Waals surface area contributed by atoms with Gasteiger partial charge in [-0.25, -0.2) is 4.39 Å². The number of aliphatic hydroxyl groups excluding tert-OH is 1. The Morgan fingerprint density at radius 1 is 1.37 bits per heavy atom. The van der Waals surface area contributed by atoms with Crippen molar-refractivity contribution in [2.75, 3.05) is 33.9 Å². The summed E-state index contributed by atoms with van der Waals surface area (Å²) in [6.45, 7) is 4.29. The van der Waals surface area contributed by atoms with Gasteiger partial charge in [0.15, 0.2) is 0 Å². The second kappa shape index (κ2) is 8.25. The molecule has 0 heterocycles. The Bertz CT molecular complexity index is 373. The van der Waals surface area contributed by atoms with E-state index in [2.05, 4.69) is 4.90 Å². The maximum atomic E-state index is 13.6. The number of hydrogen-bond acceptors (Lipinski definition) is 3. The lowest BCUT2D eigenvalue weighted by atomic mass is 9.96. The Balaban J connectivity index is 2.48. The highest BCUT2D eigenvalue weighted by Gasteiger charge is 2.20. The van der Waals surface area contributed by atoms with Crippen molar-refractivity contribution in [3.63, 3.8) is 0 Å². The van der Waals surface area contributed by atoms with E-state index >= 15 is 0 Å². The molecule has 19 heavy (non-hydrogen) atoms. The van der Waals surface area contributed by atoms with Crippen molar-refractivity contribution in [2.24, 2.45) is 5.92 Å². The molecule has 0 saturated carbocycles. The fourth-order valence-corrected chi connectivity index (χ4v) is 2.18. The SMILES string of the molecule is COCCCN(C)CC(C)C(O)c1ccccc1F. The molecule has 2 unspecified atom stereocenters. The molecule has 0 bridgehead atoms. The molecule has 4 heteroatoms. The van der Waals surface area contributed by atoms with E-state index in [1.807, 2.05) is 14.0 Å². The summed E-state index contributed by atoms with van der Waals surface area (Å²) < 4.78 is 18.6. The summed E-state index contributed by atoms with van der Waals surface area (Å²) >= 11 is 0. The standard InChI is InChI=1S/C15H24FNO2/c1-12(11-17(2)9-6-10-19-3)15(18)13-7-4-5-8-14(13)16/h4-5,7-8,12,15,18H,6,9-11H2,1-3H3. The molecule has 0 fully saturated rings. The molecule has 0 aliphatic heterocycles. The van der Waals surface area contributed by atoms with Gasteiger partial charge >= 0.3 is 0 Å². The topological polar surface area (TPSA) is 32.7 Å². The smallest absolute Gasteiger partial charge is 0.129 e. The van der Waals surface area contributed by atoms with E-state index in [9.17, 15) is 9.50 Å². The Morgan fingerprint density at radius 3 is 2.68 bits per heavy atom. The van der Waals surface area contributed by atoms with Crippen molar-refractivity contribution in [2.45, 2.75) is 19.4 Å². The van der Waals surface area contributed by atoms with Gasteiger partial charge in [-0.05, 0) is 25.5 Å². The summed E-state index contributed by atoms with van der Waals surface area (Å²) in [6.07, 6.45) is 0.182. The first kappa shape index (κ1) is 16.1. The summed E-state index contributed by atoms with van der Waals surface area (Å²) in [6, 6.07) is 6.40. The average molecular weight is 269 g/mol. The fraction of sp³-hybridized carbons (Fsp3) is 0.600. The van der Waals surface area contributed by atoms with Crippen LogP contribution in [0.2, 0.25) is 0 Å². The van der Waals surface area contributed by atoms with Gasteiger partial charge in [-0.15, -0.1) is 0 Å². The maximum absolute atomic E-state index is 13.6. The van der Waals surface area contributed by atoms with Gasteiger partial charge in [0.25, 0.3) is 0 Å². The van der Waals surface area contributed by atoms with Crippen LogP contribution in [0, 0.1) is 11.7 Å². The zero-order valence-electron chi connectivity index (χ0n) is 12.0. The molecule has 0 aliphatic carbocycles. The molecule has 0 aromatic heterocycles. The van der Waals surface area contributed by atoms with E-state index < -0.39 is 6.10 Å². The first-order valence-corrected chi connectivity index (χ1v) is 6.66. The van der Waals surface area contributed by atoms with Crippen LogP contribution in [0.3, 0.4) is 0 Å². The van der Waals surface area contributed by atoms with Crippen molar-refractivity contribution < 1.29 is 14.2 Å². The van der Waals surface area contributed by atoms with E-state index in [-0.39, 0.29) is 11.7 Å². The molecule has 0 spiro atoms. The van der Waals surface area contributed by atoms with Gasteiger partial charge in [0.1, 0.15) is 5.82 Å². The van der Waals surface area contributed by atoms with Crippen LogP contribution in [0.1, 0.15) is 25.0 Å². The quantitative estimate of drug-likeness (QED) is 0.736. The first-order valence-electron chi connectivity index (χ1n) is 6.66. The Hall–Kier alpha value is -0.970. The molecule has 3 nitrogen and oxygen atoms in total. The van der Waals surface area contributed by atoms with Gasteiger partial charge in [0.05, 0.1) is 6.10 Å². The summed E-state index contributed by atoms with van der Waals surface area (Å²) in [7, 11) is 3.69. The predicted molar refractivity (Wildman–Crippen MR) is 74.5 cm³/mol. The highest BCUT2D eigenvalue weighted by atomic mass is 19.1. The summed E-state index contributed by atoms with van der Waals surface area (Å²) in [5.41, 5.74) is 0.375. The molecule has 2 atom stereocenters. The number of aliphatic hydroxyl groups is 1. The molecule has 108 valence electrons. The van der Waals surface area contributed by atoms with Crippen LogP contribution in [0.4, 0.5) is 4.39 Å². The van der Waals surface area contributed by atoms with Gasteiger partial charge in [-0.2, -0.15) is 0 Å². The molecule has 1 aromatic carbocycles. The largest absolute Gasteiger partial charge is 0.388 e. The van der Waals surface area contributed by atoms with Crippen LogP contribution in [0.15, 0.2) is 24.3 Å². The number of ether oxygens (including phenoxy) is 1. The second-order valence-corrected chi connectivity index (χ2v) is 5.05. The minimum absolute atomic E-state index is 0.0237. The monoisotopic (exact) mass is 269 g/mol. The van der Waals surface area contributed by atoms with E-state index in [0.29, 0.717) is 5.56 Å². The van der Waals surface area contributed by atoms with Crippen molar-refractivity contribution in [1.82, 2.24) is 4.90 Å². The van der Waals surface area contributed by atoms with Crippen molar-refractivity contribution >= 4 is 0 Å². The van der Waals surface area contributed by atoms with Crippen LogP contribution in [-0.4, -0.2) is 43.9 Å². The Kier molecular flexibility index (Phi) is 6.99. The molecule has 0 radical (unpaired) electrons. The summed E-state index contributed by atoms with van der Waals surface area (Å²) in [5.74, 6) is -0.367. The van der Waals surface area contributed by atoms with Crippen molar-refractivity contribution in [3.8, 4) is 0 Å². The van der Waals surface area contributed by atoms with Crippen molar-refractivity contribution in [1.29, 1.82) is 0 Å². The van der Waals surface area contributed by atoms with Crippen LogP contribution in [0.25, 0.3) is 0 Å². The third-order valence-electron chi connectivity index (χ3n) is 3.25. The minimum atomic E-state index is -0.772. The third kappa shape index (κ3) is 5.27. The van der Waals surface area contributed by atoms with E-state index in [1.165, 1.54) is 6.07 Å². The number of halogens is 1. The van der Waals surface area contributed by atoms with Gasteiger partial charge in [-0.3, -0.25) is 0 Å². The second-order valence-electron chi connectivity index (χ2n) is 5.05. The van der Waals surface area contributed by atoms with Crippen LogP contribution in [-0.2, 0) is 4.74 Å². The molecule has 0 saturated heterocycles. The molecule has 1 aromatic rings. The number of rotatable bonds is 8. The molecule has 0 amide bonds. The summed E-state index contributed by atoms with van der Waals surface area (Å²) in [5, 5.41) is 10.2. The lowest BCUT2D eigenvalue weighted by molar-refractivity contribution is 0.0887. The summed E-state index contributed by atoms with van der Waals surface area (Å²) in [4.78, 5) is 2.13. The molecule has 1 N–H and O–H groups in total. The molecule has 0 aliphatic rings. The maximum Gasteiger partial charge on any atom is 0.129 e. The number of benzene rings is 1. The number of hydrogen-bond donors (Lipinski definition) is 1. The normalized spacial score (nSPS) is 14.6. The number of methoxy groups -OCH3 is 1. The molecular weight excluding hydrogens is 245 g/mol. The lowest BCUT2D eigenvalue weighted by Gasteiger charge is -2.25. The Morgan fingerprint density at radius 2 is 2.05 bits per heavy atom. The van der Waals surface area contributed by atoms with Gasteiger partial charge in [-0.1, -0.05) is 25.1 Å². The van der Waals surface area contributed by atoms with Crippen molar-refractivity contribution in [3.05, 3.63) is 35.6 Å². The van der Waals surface area contributed by atoms with E-state index in [1.54, 1.807) is 25.3 Å². The molecule has 1 rings (SSSR count). The van der Waals surface area contributed by atoms with Crippen LogP contribution < -0.4 is 0 Å². The third-order valence-corrected chi connectivity index (χ3v) is 3.25. The van der Waals surface area contributed by atoms with Gasteiger partial charge in [0.2, 0.25) is 0 Å². The van der Waals surface area contributed by atoms with E-state index in [0.717, 1.165) is 26.1 Å². The van der Waals surface area contributed by atoms with Crippen LogP contribution >= 0.6 is 0 Å². The predicted octanol–water partition coefficient (Wildman–Crippen LogP) is 2.46. The highest BCUT2D eigenvalue weighted by molar-refractivity contribution is 5.20. The van der Waals surface area contributed by atoms with Gasteiger partial charge < -0.3 is 14.7 Å². The highest BCUT2D eigenvalue weighted by Crippen LogP contribution is 2.24. The Labute approximate surface area is 115 Å². The van der Waals surface area contributed by atoms with E-state index in [4.69, 9.17) is 4.74 Å².